The molecule has 0 fully saturated rings. The third kappa shape index (κ3) is 8.94. The second-order valence-corrected chi connectivity index (χ2v) is 13.3. The minimum atomic E-state index is -0.00414. The number of aryl methyl sites for hydroxylation is 1. The molecule has 6 aromatic rings. The summed E-state index contributed by atoms with van der Waals surface area (Å²) in [7, 11) is 0. The van der Waals surface area contributed by atoms with Crippen molar-refractivity contribution in [2.45, 2.75) is 48.5 Å². The molecule has 0 aromatic heterocycles. The van der Waals surface area contributed by atoms with E-state index in [4.69, 9.17) is 4.74 Å². The van der Waals surface area contributed by atoms with Crippen molar-refractivity contribution in [3.05, 3.63) is 198 Å². The number of ether oxygens (including phenoxy) is 1. The van der Waals surface area contributed by atoms with Crippen LogP contribution in [0.4, 0.5) is 0 Å². The Labute approximate surface area is 317 Å². The van der Waals surface area contributed by atoms with Gasteiger partial charge in [0.1, 0.15) is 11.5 Å². The normalized spacial score (nSPS) is 11.3. The Kier molecular flexibility index (Phi) is 13.4. The third-order valence-electron chi connectivity index (χ3n) is 9.42. The van der Waals surface area contributed by atoms with E-state index in [1.165, 1.54) is 22.2 Å². The molecule has 7 rings (SSSR count). The molecule has 1 heterocycles. The first-order valence-corrected chi connectivity index (χ1v) is 18.4. The zero-order chi connectivity index (χ0) is 37.7. The van der Waals surface area contributed by atoms with Crippen LogP contribution in [0.5, 0.6) is 11.5 Å². The molecule has 1 aliphatic heterocycles. The zero-order valence-corrected chi connectivity index (χ0v) is 32.1. The van der Waals surface area contributed by atoms with Crippen LogP contribution in [0.1, 0.15) is 61.7 Å². The standard InChI is InChI=1S/C39H29BO2.C7H12.C4H8/c1-26-14-12-21-29(27(26)2)30-17-6-8-19-32(30)38(41)33-20-9-7-18-31(33)34-22-13-24-36-39(34)42-37-25-11-10-23-35(37)40(36)28-15-4-3-5-16-28;1-4-5-6-7(2)3;1-3-4-2/h3-25H,1-2H3;4-6H,1-3H3;3-4H,1-2H3/b;5-4-;4-3-. The molecule has 3 heteroatoms. The van der Waals surface area contributed by atoms with Gasteiger partial charge in [0.25, 0.3) is 6.71 Å². The maximum absolute atomic E-state index is 14.4. The van der Waals surface area contributed by atoms with Gasteiger partial charge in [0.05, 0.1) is 0 Å². The third-order valence-corrected chi connectivity index (χ3v) is 9.42. The van der Waals surface area contributed by atoms with E-state index in [1.54, 1.807) is 0 Å². The molecule has 1 aliphatic rings. The Morgan fingerprint density at radius 1 is 0.547 bits per heavy atom. The maximum Gasteiger partial charge on any atom is 0.250 e. The van der Waals surface area contributed by atoms with Crippen molar-refractivity contribution in [3.63, 3.8) is 0 Å². The maximum atomic E-state index is 14.4. The summed E-state index contributed by atoms with van der Waals surface area (Å²) in [5, 5.41) is 0. The lowest BCUT2D eigenvalue weighted by Crippen LogP contribution is -2.54. The second-order valence-electron chi connectivity index (χ2n) is 13.3. The first-order chi connectivity index (χ1) is 25.8. The number of carbonyl (C=O) groups excluding carboxylic acids is 1. The Morgan fingerprint density at radius 3 is 1.70 bits per heavy atom. The molecule has 0 unspecified atom stereocenters. The van der Waals surface area contributed by atoms with Crippen molar-refractivity contribution in [1.29, 1.82) is 0 Å². The molecule has 0 amide bonds. The number of hydrogen-bond donors (Lipinski definition) is 0. The van der Waals surface area contributed by atoms with Gasteiger partial charge in [0.15, 0.2) is 5.78 Å². The van der Waals surface area contributed by atoms with E-state index < -0.39 is 0 Å². The van der Waals surface area contributed by atoms with Crippen LogP contribution < -0.4 is 21.1 Å². The minimum Gasteiger partial charge on any atom is -0.458 e. The molecular weight excluding hydrogens is 643 g/mol. The minimum absolute atomic E-state index is 0.00414. The summed E-state index contributed by atoms with van der Waals surface area (Å²) in [6.45, 7) is 14.4. The number of ketones is 1. The number of carbonyl (C=O) groups is 1. The van der Waals surface area contributed by atoms with E-state index in [-0.39, 0.29) is 12.5 Å². The summed E-state index contributed by atoms with van der Waals surface area (Å²) in [4.78, 5) is 14.4. The molecule has 6 aromatic carbocycles. The van der Waals surface area contributed by atoms with Gasteiger partial charge in [-0.25, -0.2) is 0 Å². The molecule has 0 bridgehead atoms. The molecule has 0 atom stereocenters. The van der Waals surface area contributed by atoms with Crippen LogP contribution >= 0.6 is 0 Å². The quantitative estimate of drug-likeness (QED) is 0.0751. The van der Waals surface area contributed by atoms with E-state index in [0.717, 1.165) is 44.7 Å². The van der Waals surface area contributed by atoms with Crippen LogP contribution in [0.15, 0.2) is 175 Å². The van der Waals surface area contributed by atoms with Gasteiger partial charge < -0.3 is 4.74 Å². The smallest absolute Gasteiger partial charge is 0.250 e. The van der Waals surface area contributed by atoms with Gasteiger partial charge in [-0.05, 0) is 93.3 Å². The van der Waals surface area contributed by atoms with Gasteiger partial charge in [-0.1, -0.05) is 175 Å². The first-order valence-electron chi connectivity index (χ1n) is 18.4. The van der Waals surface area contributed by atoms with Crippen LogP contribution in [0.2, 0.25) is 0 Å². The van der Waals surface area contributed by atoms with Gasteiger partial charge >= 0.3 is 0 Å². The topological polar surface area (TPSA) is 26.3 Å². The van der Waals surface area contributed by atoms with Gasteiger partial charge in [-0.15, -0.1) is 0 Å². The van der Waals surface area contributed by atoms with Crippen molar-refractivity contribution >= 4 is 28.9 Å². The fourth-order valence-corrected chi connectivity index (χ4v) is 6.51. The summed E-state index contributed by atoms with van der Waals surface area (Å²) in [6, 6.07) is 47.2. The highest BCUT2D eigenvalue weighted by atomic mass is 16.5. The zero-order valence-electron chi connectivity index (χ0n) is 32.1. The number of rotatable bonds is 6. The average Bonchev–Trinajstić information content (AvgIpc) is 3.20. The number of fused-ring (bicyclic) bond motifs is 2. The Balaban J connectivity index is 0.000000433. The summed E-state index contributed by atoms with van der Waals surface area (Å²) in [6.07, 6.45) is 10.1. The predicted octanol–water partition coefficient (Wildman–Crippen LogP) is 11.6. The van der Waals surface area contributed by atoms with Crippen LogP contribution in [0.3, 0.4) is 0 Å². The number of hydrogen-bond acceptors (Lipinski definition) is 2. The molecule has 264 valence electrons. The van der Waals surface area contributed by atoms with E-state index in [1.807, 2.05) is 112 Å². The van der Waals surface area contributed by atoms with Crippen molar-refractivity contribution < 1.29 is 9.53 Å². The predicted molar refractivity (Wildman–Crippen MR) is 229 cm³/mol. The average molecular weight is 693 g/mol. The molecule has 53 heavy (non-hydrogen) atoms. The van der Waals surface area contributed by atoms with Crippen LogP contribution in [-0.4, -0.2) is 12.5 Å². The highest BCUT2D eigenvalue weighted by Gasteiger charge is 2.34. The Hall–Kier alpha value is -5.93. The largest absolute Gasteiger partial charge is 0.458 e. The SMILES string of the molecule is C/C=C\C.C/C=C\C=C(C)C.Cc1cccc(-c2ccccc2C(=O)c2ccccc2-c2cccc3c2Oc2ccccc2B3c2ccccc2)c1C. The van der Waals surface area contributed by atoms with Crippen molar-refractivity contribution in [3.8, 4) is 33.8 Å². The molecule has 0 aliphatic carbocycles. The van der Waals surface area contributed by atoms with Gasteiger partial charge in [-0.3, -0.25) is 4.79 Å². The molecule has 2 nitrogen and oxygen atoms in total. The molecule has 0 radical (unpaired) electrons. The molecule has 0 saturated heterocycles. The van der Waals surface area contributed by atoms with Crippen molar-refractivity contribution in [1.82, 2.24) is 0 Å². The fourth-order valence-electron chi connectivity index (χ4n) is 6.51. The summed E-state index contributed by atoms with van der Waals surface area (Å²) in [5.41, 5.74) is 12.3. The van der Waals surface area contributed by atoms with Gasteiger partial charge in [0.2, 0.25) is 0 Å². The number of benzene rings is 6. The van der Waals surface area contributed by atoms with Crippen LogP contribution in [0, 0.1) is 13.8 Å². The number of para-hydroxylation sites is 2. The van der Waals surface area contributed by atoms with E-state index in [2.05, 4.69) is 107 Å². The number of allylic oxidation sites excluding steroid dienone is 6. The first kappa shape index (κ1) is 38.3. The lowest BCUT2D eigenvalue weighted by Gasteiger charge is -2.28. The monoisotopic (exact) mass is 692 g/mol. The fraction of sp³-hybridized carbons (Fsp3) is 0.140. The Bertz CT molecular complexity index is 2250. The van der Waals surface area contributed by atoms with Crippen LogP contribution in [-0.2, 0) is 0 Å². The van der Waals surface area contributed by atoms with E-state index >= 15 is 0 Å². The van der Waals surface area contributed by atoms with Gasteiger partial charge in [-0.2, -0.15) is 0 Å². The second kappa shape index (κ2) is 18.5. The summed E-state index contributed by atoms with van der Waals surface area (Å²) in [5.74, 6) is 1.64. The Morgan fingerprint density at radius 2 is 1.08 bits per heavy atom. The highest BCUT2D eigenvalue weighted by molar-refractivity contribution is 6.97. The lowest BCUT2D eigenvalue weighted by atomic mass is 9.35. The van der Waals surface area contributed by atoms with Crippen LogP contribution in [0.25, 0.3) is 22.3 Å². The molecule has 0 spiro atoms. The molecule has 0 N–H and O–H groups in total. The lowest BCUT2D eigenvalue weighted by molar-refractivity contribution is 0.104. The molecule has 0 saturated carbocycles. The summed E-state index contributed by atoms with van der Waals surface area (Å²) < 4.78 is 6.67. The van der Waals surface area contributed by atoms with E-state index in [9.17, 15) is 4.79 Å². The van der Waals surface area contributed by atoms with Crippen molar-refractivity contribution in [2.75, 3.05) is 0 Å². The van der Waals surface area contributed by atoms with Gasteiger partial charge in [0, 0.05) is 16.7 Å². The highest BCUT2D eigenvalue weighted by Crippen LogP contribution is 2.38. The summed E-state index contributed by atoms with van der Waals surface area (Å²) >= 11 is 0. The molecular formula is C50H49BO2. The van der Waals surface area contributed by atoms with E-state index in [0.29, 0.717) is 11.1 Å². The van der Waals surface area contributed by atoms with Crippen molar-refractivity contribution in [2.24, 2.45) is 0 Å².